The average molecular weight is 361 g/mol. The minimum atomic E-state index is 0.875. The van der Waals surface area contributed by atoms with Crippen LogP contribution in [0.15, 0.2) is 95.9 Å². The molecule has 0 spiro atoms. The molecule has 4 aromatic heterocycles. The van der Waals surface area contributed by atoms with E-state index in [9.17, 15) is 0 Å². The Morgan fingerprint density at radius 1 is 0.750 bits per heavy atom. The van der Waals surface area contributed by atoms with Gasteiger partial charge in [-0.15, -0.1) is 0 Å². The Labute approximate surface area is 160 Å². The molecule has 0 unspecified atom stereocenters. The van der Waals surface area contributed by atoms with Gasteiger partial charge < -0.3 is 4.42 Å². The summed E-state index contributed by atoms with van der Waals surface area (Å²) in [6.45, 7) is 0. The first-order chi connectivity index (χ1) is 13.9. The van der Waals surface area contributed by atoms with Gasteiger partial charge in [-0.3, -0.25) is 9.55 Å². The largest absolute Gasteiger partial charge is 0.464 e. The van der Waals surface area contributed by atoms with Gasteiger partial charge in [-0.25, -0.2) is 4.98 Å². The maximum Gasteiger partial charge on any atom is 0.138 e. The number of pyridine rings is 2. The lowest BCUT2D eigenvalue weighted by atomic mass is 10.1. The van der Waals surface area contributed by atoms with Crippen LogP contribution >= 0.6 is 0 Å². The van der Waals surface area contributed by atoms with Gasteiger partial charge in [0.15, 0.2) is 0 Å². The zero-order valence-corrected chi connectivity index (χ0v) is 14.9. The number of aromatic nitrogens is 3. The first kappa shape index (κ1) is 15.2. The highest BCUT2D eigenvalue weighted by Crippen LogP contribution is 2.36. The van der Waals surface area contributed by atoms with Crippen molar-refractivity contribution in [3.8, 4) is 17.1 Å². The Kier molecular flexibility index (Phi) is 3.14. The predicted molar refractivity (Wildman–Crippen MR) is 112 cm³/mol. The van der Waals surface area contributed by atoms with Gasteiger partial charge in [-0.2, -0.15) is 0 Å². The molecule has 4 heteroatoms. The molecule has 0 N–H and O–H groups in total. The van der Waals surface area contributed by atoms with E-state index in [-0.39, 0.29) is 0 Å². The van der Waals surface area contributed by atoms with Crippen LogP contribution in [0.3, 0.4) is 0 Å². The van der Waals surface area contributed by atoms with Crippen LogP contribution in [0.4, 0.5) is 0 Å². The van der Waals surface area contributed by atoms with E-state index < -0.39 is 0 Å². The molecule has 0 amide bonds. The molecular weight excluding hydrogens is 346 g/mol. The highest BCUT2D eigenvalue weighted by molar-refractivity contribution is 6.17. The van der Waals surface area contributed by atoms with Crippen LogP contribution in [-0.2, 0) is 0 Å². The van der Waals surface area contributed by atoms with E-state index >= 15 is 0 Å². The van der Waals surface area contributed by atoms with E-state index in [0.717, 1.165) is 39.1 Å². The molecule has 6 aromatic rings. The fourth-order valence-corrected chi connectivity index (χ4v) is 3.96. The van der Waals surface area contributed by atoms with Gasteiger partial charge in [0.2, 0.25) is 0 Å². The summed E-state index contributed by atoms with van der Waals surface area (Å²) in [6, 6.07) is 24.7. The third-order valence-corrected chi connectivity index (χ3v) is 5.19. The van der Waals surface area contributed by atoms with E-state index in [1.54, 1.807) is 12.5 Å². The number of hydrogen-bond acceptors (Lipinski definition) is 3. The fraction of sp³-hybridized carbons (Fsp3) is 0. The number of hydrogen-bond donors (Lipinski definition) is 0. The summed E-state index contributed by atoms with van der Waals surface area (Å²) in [6.07, 6.45) is 5.35. The predicted octanol–water partition coefficient (Wildman–Crippen LogP) is 5.99. The lowest BCUT2D eigenvalue weighted by Crippen LogP contribution is -1.98. The van der Waals surface area contributed by atoms with Crippen LogP contribution in [0.5, 0.6) is 0 Å². The molecule has 132 valence electrons. The van der Waals surface area contributed by atoms with Gasteiger partial charge in [0.25, 0.3) is 0 Å². The van der Waals surface area contributed by atoms with Gasteiger partial charge in [0.05, 0.1) is 23.0 Å². The molecule has 0 aliphatic carbocycles. The Morgan fingerprint density at radius 2 is 1.71 bits per heavy atom. The molecular formula is C24H15N3O. The van der Waals surface area contributed by atoms with Crippen molar-refractivity contribution in [1.82, 2.24) is 14.5 Å². The standard InChI is InChI=1S/C24H15N3O/c1-2-8-21-17(6-1)18-10-11-22-19(12-14-28-22)24(18)27(21)23-9-3-7-20(26-23)16-5-4-13-25-15-16/h1-15H. The van der Waals surface area contributed by atoms with Gasteiger partial charge >= 0.3 is 0 Å². The fourth-order valence-electron chi connectivity index (χ4n) is 3.96. The van der Waals surface area contributed by atoms with Crippen LogP contribution in [0.1, 0.15) is 0 Å². The lowest BCUT2D eigenvalue weighted by Gasteiger charge is -2.09. The van der Waals surface area contributed by atoms with Crippen molar-refractivity contribution in [3.05, 3.63) is 91.5 Å². The molecule has 28 heavy (non-hydrogen) atoms. The average Bonchev–Trinajstić information content (AvgIpc) is 3.37. The normalized spacial score (nSPS) is 11.6. The number of furan rings is 1. The topological polar surface area (TPSA) is 43.9 Å². The molecule has 0 radical (unpaired) electrons. The van der Waals surface area contributed by atoms with Gasteiger partial charge in [0, 0.05) is 34.1 Å². The Balaban J connectivity index is 1.73. The van der Waals surface area contributed by atoms with Gasteiger partial charge in [-0.05, 0) is 48.5 Å². The molecule has 4 nitrogen and oxygen atoms in total. The minimum Gasteiger partial charge on any atom is -0.464 e. The summed E-state index contributed by atoms with van der Waals surface area (Å²) < 4.78 is 7.89. The smallest absolute Gasteiger partial charge is 0.138 e. The molecule has 0 aliphatic heterocycles. The van der Waals surface area contributed by atoms with Crippen molar-refractivity contribution in [1.29, 1.82) is 0 Å². The summed E-state index contributed by atoms with van der Waals surface area (Å²) in [4.78, 5) is 9.20. The summed E-state index contributed by atoms with van der Waals surface area (Å²) in [7, 11) is 0. The molecule has 0 bridgehead atoms. The Morgan fingerprint density at radius 3 is 2.64 bits per heavy atom. The molecule has 0 fully saturated rings. The number of para-hydroxylation sites is 1. The first-order valence-corrected chi connectivity index (χ1v) is 9.17. The first-order valence-electron chi connectivity index (χ1n) is 9.17. The molecule has 0 saturated heterocycles. The third-order valence-electron chi connectivity index (χ3n) is 5.19. The summed E-state index contributed by atoms with van der Waals surface area (Å²) in [5.41, 5.74) is 5.01. The van der Waals surface area contributed by atoms with E-state index in [2.05, 4.69) is 39.9 Å². The van der Waals surface area contributed by atoms with Crippen molar-refractivity contribution in [2.75, 3.05) is 0 Å². The number of fused-ring (bicyclic) bond motifs is 5. The van der Waals surface area contributed by atoms with Crippen LogP contribution in [0, 0.1) is 0 Å². The zero-order valence-electron chi connectivity index (χ0n) is 14.9. The van der Waals surface area contributed by atoms with Crippen molar-refractivity contribution < 1.29 is 4.42 Å². The Bertz CT molecular complexity index is 1460. The highest BCUT2D eigenvalue weighted by Gasteiger charge is 2.16. The molecule has 2 aromatic carbocycles. The van der Waals surface area contributed by atoms with Crippen molar-refractivity contribution >= 4 is 32.8 Å². The van der Waals surface area contributed by atoms with Gasteiger partial charge in [-0.1, -0.05) is 24.3 Å². The monoisotopic (exact) mass is 361 g/mol. The summed E-state index contributed by atoms with van der Waals surface area (Å²) in [5, 5.41) is 3.48. The van der Waals surface area contributed by atoms with Crippen LogP contribution in [0.2, 0.25) is 0 Å². The van der Waals surface area contributed by atoms with Crippen LogP contribution < -0.4 is 0 Å². The highest BCUT2D eigenvalue weighted by atomic mass is 16.3. The molecule has 0 aliphatic rings. The van der Waals surface area contributed by atoms with E-state index in [0.29, 0.717) is 0 Å². The number of benzene rings is 2. The van der Waals surface area contributed by atoms with Gasteiger partial charge in [0.1, 0.15) is 11.4 Å². The SMILES string of the molecule is c1cncc(-c2cccc(-n3c4ccccc4c4ccc5occc5c43)n2)c1. The number of rotatable bonds is 2. The van der Waals surface area contributed by atoms with E-state index in [4.69, 9.17) is 9.40 Å². The zero-order chi connectivity index (χ0) is 18.5. The lowest BCUT2D eigenvalue weighted by molar-refractivity contribution is 0.616. The molecule has 6 rings (SSSR count). The second-order valence-corrected chi connectivity index (χ2v) is 6.77. The third kappa shape index (κ3) is 2.12. The van der Waals surface area contributed by atoms with E-state index in [1.807, 2.05) is 48.7 Å². The van der Waals surface area contributed by atoms with Crippen LogP contribution in [-0.4, -0.2) is 14.5 Å². The summed E-state index contributed by atoms with van der Waals surface area (Å²) in [5.74, 6) is 0.876. The van der Waals surface area contributed by atoms with Crippen molar-refractivity contribution in [3.63, 3.8) is 0 Å². The van der Waals surface area contributed by atoms with Crippen LogP contribution in [0.25, 0.3) is 49.9 Å². The molecule has 4 heterocycles. The molecule has 0 saturated carbocycles. The summed E-state index contributed by atoms with van der Waals surface area (Å²) >= 11 is 0. The maximum absolute atomic E-state index is 5.66. The second-order valence-electron chi connectivity index (χ2n) is 6.77. The van der Waals surface area contributed by atoms with Crippen molar-refractivity contribution in [2.24, 2.45) is 0 Å². The maximum atomic E-state index is 5.66. The quantitative estimate of drug-likeness (QED) is 0.381. The van der Waals surface area contributed by atoms with E-state index in [1.165, 1.54) is 10.8 Å². The number of nitrogens with zero attached hydrogens (tertiary/aromatic N) is 3. The van der Waals surface area contributed by atoms with Crippen molar-refractivity contribution in [2.45, 2.75) is 0 Å². The minimum absolute atomic E-state index is 0.875. The Hall–Kier alpha value is -3.92. The molecule has 0 atom stereocenters. The second kappa shape index (κ2) is 5.79.